The van der Waals surface area contributed by atoms with Crippen LogP contribution in [0.1, 0.15) is 94.2 Å². The minimum atomic E-state index is -1.67. The minimum Gasteiger partial charge on any atom is -0.0648 e. The molecule has 0 nitrogen and oxygen atoms in total. The molecule has 0 saturated heterocycles. The average molecular weight is 419 g/mol. The Labute approximate surface area is 179 Å². The van der Waals surface area contributed by atoms with E-state index in [1.165, 1.54) is 5.56 Å². The van der Waals surface area contributed by atoms with Gasteiger partial charge in [0.1, 0.15) is 0 Å². The largest absolute Gasteiger partial charge is 0.0945 e. The summed E-state index contributed by atoms with van der Waals surface area (Å²) in [7, 11) is -3.32. The maximum Gasteiger partial charge on any atom is 0.0945 e. The topological polar surface area (TPSA) is 0 Å². The second-order valence-electron chi connectivity index (χ2n) is 11.3. The van der Waals surface area contributed by atoms with E-state index in [0.29, 0.717) is 0 Å². The zero-order valence-electron chi connectivity index (χ0n) is 21.6. The van der Waals surface area contributed by atoms with Crippen LogP contribution in [0.15, 0.2) is 12.1 Å². The van der Waals surface area contributed by atoms with E-state index in [1.807, 2.05) is 0 Å². The van der Waals surface area contributed by atoms with E-state index in [2.05, 4.69) is 109 Å². The van der Waals surface area contributed by atoms with Crippen LogP contribution in [0.5, 0.6) is 0 Å². The van der Waals surface area contributed by atoms with Gasteiger partial charge in [0.15, 0.2) is 0 Å². The van der Waals surface area contributed by atoms with Crippen molar-refractivity contribution >= 4 is 26.5 Å². The molecule has 0 fully saturated rings. The van der Waals surface area contributed by atoms with Crippen molar-refractivity contribution in [3.05, 3.63) is 23.3 Å². The quantitative estimate of drug-likeness (QED) is 0.374. The molecule has 1 aromatic rings. The van der Waals surface area contributed by atoms with Crippen LogP contribution in [0, 0.1) is 13.8 Å². The Morgan fingerprint density at radius 3 is 1.11 bits per heavy atom. The summed E-state index contributed by atoms with van der Waals surface area (Å²) in [6.07, 6.45) is 0. The summed E-state index contributed by atoms with van der Waals surface area (Å²) in [5.41, 5.74) is 7.68. The van der Waals surface area contributed by atoms with Gasteiger partial charge in [-0.2, -0.15) is 0 Å². The standard InChI is InChI=1S/C26H50Si2/c1-17(2)27(18(3)4,19(5)6)25-15-23(13)24(14)26(16-25)28(20(7)8,21(9)10)22(11)12/h15-22H,1-14H3. The molecule has 0 N–H and O–H groups in total. The van der Waals surface area contributed by atoms with E-state index in [1.54, 1.807) is 15.9 Å². The molecule has 2 heteroatoms. The predicted octanol–water partition coefficient (Wildman–Crippen LogP) is 8.08. The minimum absolute atomic E-state index is 0.758. The molecule has 0 radical (unpaired) electrons. The van der Waals surface area contributed by atoms with Crippen LogP contribution in [0.25, 0.3) is 0 Å². The molecule has 0 atom stereocenters. The highest BCUT2D eigenvalue weighted by atomic mass is 28.3. The number of benzene rings is 1. The predicted molar refractivity (Wildman–Crippen MR) is 137 cm³/mol. The fourth-order valence-corrected chi connectivity index (χ4v) is 21.6. The number of hydrogen-bond acceptors (Lipinski definition) is 0. The molecule has 0 unspecified atom stereocenters. The second kappa shape index (κ2) is 9.20. The lowest BCUT2D eigenvalue weighted by Gasteiger charge is -2.48. The van der Waals surface area contributed by atoms with Crippen molar-refractivity contribution in [3.63, 3.8) is 0 Å². The first-order valence-electron chi connectivity index (χ1n) is 11.8. The Hall–Kier alpha value is -0.346. The van der Waals surface area contributed by atoms with Crippen LogP contribution >= 0.6 is 0 Å². The first-order valence-corrected chi connectivity index (χ1v) is 16.3. The van der Waals surface area contributed by atoms with E-state index in [4.69, 9.17) is 0 Å². The fourth-order valence-electron chi connectivity index (χ4n) is 7.49. The molecule has 0 aliphatic carbocycles. The van der Waals surface area contributed by atoms with Crippen LogP contribution in [0.4, 0.5) is 0 Å². The van der Waals surface area contributed by atoms with Crippen LogP contribution in [-0.2, 0) is 0 Å². The number of rotatable bonds is 8. The van der Waals surface area contributed by atoms with Gasteiger partial charge < -0.3 is 0 Å². The molecule has 0 amide bonds. The second-order valence-corrected chi connectivity index (χ2v) is 23.0. The lowest BCUT2D eigenvalue weighted by Crippen LogP contribution is -2.61. The molecule has 1 rings (SSSR count). The summed E-state index contributed by atoms with van der Waals surface area (Å²) >= 11 is 0. The molecule has 28 heavy (non-hydrogen) atoms. The summed E-state index contributed by atoms with van der Waals surface area (Å²) in [5.74, 6) is 0. The Balaban J connectivity index is 4.06. The van der Waals surface area contributed by atoms with Crippen molar-refractivity contribution in [1.29, 1.82) is 0 Å². The molecule has 0 aliphatic rings. The van der Waals surface area contributed by atoms with Gasteiger partial charge in [-0.1, -0.05) is 106 Å². The zero-order valence-corrected chi connectivity index (χ0v) is 23.6. The van der Waals surface area contributed by atoms with Gasteiger partial charge in [-0.3, -0.25) is 0 Å². The van der Waals surface area contributed by atoms with Gasteiger partial charge in [-0.15, -0.1) is 0 Å². The maximum absolute atomic E-state index is 2.76. The van der Waals surface area contributed by atoms with Crippen molar-refractivity contribution in [3.8, 4) is 0 Å². The first-order chi connectivity index (χ1) is 12.7. The van der Waals surface area contributed by atoms with E-state index < -0.39 is 16.1 Å². The summed E-state index contributed by atoms with van der Waals surface area (Å²) in [5, 5.41) is 3.52. The number of aryl methyl sites for hydroxylation is 1. The third-order valence-corrected chi connectivity index (χ3v) is 22.6. The van der Waals surface area contributed by atoms with Gasteiger partial charge in [-0.25, -0.2) is 0 Å². The summed E-state index contributed by atoms with van der Waals surface area (Å²) < 4.78 is 0. The Kier molecular flexibility index (Phi) is 8.45. The number of hydrogen-bond donors (Lipinski definition) is 0. The molecule has 0 bridgehead atoms. The van der Waals surface area contributed by atoms with Gasteiger partial charge in [0, 0.05) is 0 Å². The first kappa shape index (κ1) is 25.7. The lowest BCUT2D eigenvalue weighted by molar-refractivity contribution is 0.831. The van der Waals surface area contributed by atoms with Crippen molar-refractivity contribution in [2.24, 2.45) is 0 Å². The molecular weight excluding hydrogens is 368 g/mol. The van der Waals surface area contributed by atoms with Crippen molar-refractivity contribution in [2.75, 3.05) is 0 Å². The van der Waals surface area contributed by atoms with Crippen LogP contribution < -0.4 is 10.4 Å². The summed E-state index contributed by atoms with van der Waals surface area (Å²) in [6, 6.07) is 5.37. The maximum atomic E-state index is 2.76. The summed E-state index contributed by atoms with van der Waals surface area (Å²) in [6.45, 7) is 34.8. The molecule has 0 spiro atoms. The van der Waals surface area contributed by atoms with Gasteiger partial charge in [-0.05, 0) is 58.2 Å². The van der Waals surface area contributed by atoms with Crippen LogP contribution in [0.2, 0.25) is 33.2 Å². The molecule has 0 aromatic heterocycles. The highest BCUT2D eigenvalue weighted by Gasteiger charge is 2.48. The van der Waals surface area contributed by atoms with Crippen LogP contribution in [-0.4, -0.2) is 16.1 Å². The monoisotopic (exact) mass is 418 g/mol. The van der Waals surface area contributed by atoms with Gasteiger partial charge in [0.25, 0.3) is 0 Å². The van der Waals surface area contributed by atoms with E-state index in [-0.39, 0.29) is 0 Å². The van der Waals surface area contributed by atoms with Crippen molar-refractivity contribution in [2.45, 2.75) is 130 Å². The van der Waals surface area contributed by atoms with E-state index in [0.717, 1.165) is 33.2 Å². The molecule has 0 heterocycles. The molecule has 0 aliphatic heterocycles. The molecular formula is C26H50Si2. The fraction of sp³-hybridized carbons (Fsp3) is 0.769. The van der Waals surface area contributed by atoms with Crippen molar-refractivity contribution in [1.82, 2.24) is 0 Å². The highest BCUT2D eigenvalue weighted by Crippen LogP contribution is 2.44. The summed E-state index contributed by atoms with van der Waals surface area (Å²) in [4.78, 5) is 0. The lowest BCUT2D eigenvalue weighted by atomic mass is 10.1. The van der Waals surface area contributed by atoms with E-state index >= 15 is 0 Å². The third-order valence-electron chi connectivity index (χ3n) is 8.37. The molecule has 0 saturated carbocycles. The smallest absolute Gasteiger partial charge is 0.0648 e. The molecule has 162 valence electrons. The third kappa shape index (κ3) is 3.85. The SMILES string of the molecule is Cc1cc([Si](C(C)C)(C(C)C)C(C)C)cc([Si](C(C)C)(C(C)C)C(C)C)c1C. The van der Waals surface area contributed by atoms with Crippen molar-refractivity contribution < 1.29 is 0 Å². The van der Waals surface area contributed by atoms with Gasteiger partial charge >= 0.3 is 0 Å². The Morgan fingerprint density at radius 2 is 0.821 bits per heavy atom. The normalized spacial score (nSPS) is 13.9. The Bertz CT molecular complexity index is 607. The van der Waals surface area contributed by atoms with E-state index in [9.17, 15) is 0 Å². The highest BCUT2D eigenvalue weighted by molar-refractivity contribution is 6.97. The Morgan fingerprint density at radius 1 is 0.500 bits per heavy atom. The molecule has 1 aromatic carbocycles. The van der Waals surface area contributed by atoms with Gasteiger partial charge in [0.05, 0.1) is 16.1 Å². The average Bonchev–Trinajstić information content (AvgIpc) is 2.50. The van der Waals surface area contributed by atoms with Crippen LogP contribution in [0.3, 0.4) is 0 Å². The zero-order chi connectivity index (χ0) is 22.2. The van der Waals surface area contributed by atoms with Gasteiger partial charge in [0.2, 0.25) is 0 Å².